The molecule has 0 spiro atoms. The van der Waals surface area contributed by atoms with Gasteiger partial charge in [-0.1, -0.05) is 25.6 Å². The van der Waals surface area contributed by atoms with Gasteiger partial charge in [0.2, 0.25) is 11.7 Å². The smallest absolute Gasteiger partial charge is 0.408 e. The fourth-order valence-electron chi connectivity index (χ4n) is 6.38. The molecule has 0 aromatic heterocycles. The number of nitrogens with two attached hydrogens (primary N) is 1. The highest BCUT2D eigenvalue weighted by atomic mass is 16.5. The van der Waals surface area contributed by atoms with Gasteiger partial charge in [0.05, 0.1) is 29.3 Å². The molecule has 4 rings (SSSR count). The van der Waals surface area contributed by atoms with Gasteiger partial charge in [-0.25, -0.2) is 4.79 Å². The first kappa shape index (κ1) is 32.2. The van der Waals surface area contributed by atoms with Gasteiger partial charge in [0.15, 0.2) is 11.4 Å². The predicted molar refractivity (Wildman–Crippen MR) is 153 cm³/mol. The molecule has 7 atom stereocenters. The molecular weight excluding hydrogens is 580 g/mol. The molecule has 1 aromatic carbocycles. The van der Waals surface area contributed by atoms with Crippen molar-refractivity contribution >= 4 is 40.9 Å². The first-order chi connectivity index (χ1) is 20.5. The number of Topliss-reactive ketones (excluding diaryl/α,β-unsaturated/α-hetero) is 2. The van der Waals surface area contributed by atoms with E-state index in [1.165, 1.54) is 44.1 Å². The van der Waals surface area contributed by atoms with Gasteiger partial charge in [0.1, 0.15) is 35.5 Å². The number of aliphatic hydroxyl groups is 4. The highest BCUT2D eigenvalue weighted by Crippen LogP contribution is 2.56. The second-order valence-corrected chi connectivity index (χ2v) is 11.2. The normalized spacial score (nSPS) is 28.5. The summed E-state index contributed by atoms with van der Waals surface area (Å²) in [5.74, 6) is -11.1. The molecule has 1 fully saturated rings. The van der Waals surface area contributed by atoms with Crippen molar-refractivity contribution in [2.75, 3.05) is 26.0 Å². The molecule has 5 unspecified atom stereocenters. The van der Waals surface area contributed by atoms with Crippen LogP contribution in [-0.2, 0) is 23.9 Å². The zero-order valence-corrected chi connectivity index (χ0v) is 24.3. The average molecular weight is 615 g/mol. The Labute approximate surface area is 251 Å². The van der Waals surface area contributed by atoms with E-state index in [0.717, 1.165) is 0 Å². The maximum absolute atomic E-state index is 14.1. The van der Waals surface area contributed by atoms with E-state index in [-0.39, 0.29) is 23.4 Å². The Bertz CT molecular complexity index is 1550. The number of rotatable bonds is 7. The number of fused-ring (bicyclic) bond motifs is 3. The number of carbonyl (C=O) groups is 5. The molecule has 3 amide bonds. The van der Waals surface area contributed by atoms with Crippen molar-refractivity contribution in [3.05, 3.63) is 52.8 Å². The number of anilines is 1. The van der Waals surface area contributed by atoms with Crippen LogP contribution in [0.1, 0.15) is 30.9 Å². The fourth-order valence-corrected chi connectivity index (χ4v) is 6.38. The third kappa shape index (κ3) is 4.69. The summed E-state index contributed by atoms with van der Waals surface area (Å²) in [4.78, 5) is 65.2. The van der Waals surface area contributed by atoms with E-state index in [1.807, 2.05) is 0 Å². The van der Waals surface area contributed by atoms with Gasteiger partial charge in [-0.05, 0) is 38.6 Å². The van der Waals surface area contributed by atoms with E-state index in [4.69, 9.17) is 10.5 Å². The van der Waals surface area contributed by atoms with Gasteiger partial charge >= 0.3 is 6.09 Å². The summed E-state index contributed by atoms with van der Waals surface area (Å²) in [5, 5.41) is 61.7. The van der Waals surface area contributed by atoms with Crippen LogP contribution in [-0.4, -0.2) is 104 Å². The molecule has 0 radical (unpaired) electrons. The van der Waals surface area contributed by atoms with Crippen LogP contribution in [0, 0.1) is 11.8 Å². The lowest BCUT2D eigenvalue weighted by Crippen LogP contribution is -2.70. The largest absolute Gasteiger partial charge is 0.508 e. The number of alkyl carbamates (subject to hydrolysis) is 1. The standard InChI is InChI=1S/C29H34N4O11/c1-6-9-44-28(42)31-11(3)27(41)32-13-8-7-12-10(2)14-16(21(35)15(12)20(13)34)24(38)29(43)18(22(14)36)19(33(4)5)23(37)17(25(29)39)26(30)40/h6-8,10-11,14,18-19,22,34-36,39,43H,1,9H2,2-5H3,(H2,30,40)(H,31,42)(H,32,41)/t10?,11?,14?,18?,19-,22?,29-/m0/s1. The zero-order chi connectivity index (χ0) is 33.0. The lowest BCUT2D eigenvalue weighted by molar-refractivity contribution is -0.169. The number of nitrogens with one attached hydrogen (secondary N) is 2. The highest BCUT2D eigenvalue weighted by molar-refractivity contribution is 6.24. The number of benzene rings is 1. The van der Waals surface area contributed by atoms with E-state index in [2.05, 4.69) is 17.2 Å². The van der Waals surface area contributed by atoms with Gasteiger partial charge in [0, 0.05) is 11.5 Å². The fraction of sp³-hybridized carbons (Fsp3) is 0.414. The number of hydrogen-bond acceptors (Lipinski definition) is 12. The Morgan fingerprint density at radius 2 is 1.84 bits per heavy atom. The van der Waals surface area contributed by atoms with E-state index < -0.39 is 99.4 Å². The number of aliphatic hydroxyl groups excluding tert-OH is 3. The number of phenolic OH excluding ortho intramolecular Hbond substituents is 1. The van der Waals surface area contributed by atoms with Crippen LogP contribution in [0.3, 0.4) is 0 Å². The molecule has 3 aliphatic rings. The number of ketones is 2. The Morgan fingerprint density at radius 3 is 2.41 bits per heavy atom. The molecule has 9 N–H and O–H groups in total. The summed E-state index contributed by atoms with van der Waals surface area (Å²) in [5.41, 5.74) is 0.417. The third-order valence-electron chi connectivity index (χ3n) is 8.45. The van der Waals surface area contributed by atoms with Gasteiger partial charge in [-0.3, -0.25) is 24.1 Å². The number of hydrogen-bond donors (Lipinski definition) is 8. The maximum Gasteiger partial charge on any atom is 0.408 e. The van der Waals surface area contributed by atoms with Crippen molar-refractivity contribution in [3.8, 4) is 5.75 Å². The van der Waals surface area contributed by atoms with Crippen LogP contribution in [0.2, 0.25) is 0 Å². The van der Waals surface area contributed by atoms with Crippen molar-refractivity contribution < 1.29 is 54.2 Å². The lowest BCUT2D eigenvalue weighted by atomic mass is 9.54. The number of aromatic hydroxyl groups is 1. The summed E-state index contributed by atoms with van der Waals surface area (Å²) in [6, 6.07) is 0.157. The van der Waals surface area contributed by atoms with Crippen molar-refractivity contribution in [3.63, 3.8) is 0 Å². The number of primary amides is 1. The van der Waals surface area contributed by atoms with Crippen LogP contribution >= 0.6 is 0 Å². The molecule has 236 valence electrons. The zero-order valence-electron chi connectivity index (χ0n) is 24.3. The van der Waals surface area contributed by atoms with Crippen LogP contribution in [0.15, 0.2) is 41.7 Å². The van der Waals surface area contributed by atoms with E-state index >= 15 is 0 Å². The monoisotopic (exact) mass is 614 g/mol. The Kier molecular flexibility index (Phi) is 8.34. The molecule has 44 heavy (non-hydrogen) atoms. The van der Waals surface area contributed by atoms with Crippen molar-refractivity contribution in [1.82, 2.24) is 10.2 Å². The second-order valence-electron chi connectivity index (χ2n) is 11.2. The number of nitrogens with zero attached hydrogens (tertiary/aromatic N) is 1. The van der Waals surface area contributed by atoms with Gasteiger partial charge < -0.3 is 46.6 Å². The number of ether oxygens (including phenoxy) is 1. The minimum atomic E-state index is -3.05. The molecule has 15 heteroatoms. The van der Waals surface area contributed by atoms with Gasteiger partial charge in [-0.2, -0.15) is 0 Å². The summed E-state index contributed by atoms with van der Waals surface area (Å²) >= 11 is 0. The number of amides is 3. The minimum Gasteiger partial charge on any atom is -0.508 e. The molecule has 1 saturated carbocycles. The van der Waals surface area contributed by atoms with E-state index in [0.29, 0.717) is 0 Å². The Hall–Kier alpha value is -4.73. The van der Waals surface area contributed by atoms with Crippen molar-refractivity contribution in [2.45, 2.75) is 43.6 Å². The lowest BCUT2D eigenvalue weighted by Gasteiger charge is -2.53. The quantitative estimate of drug-likeness (QED) is 0.112. The van der Waals surface area contributed by atoms with Crippen LogP contribution in [0.25, 0.3) is 5.76 Å². The van der Waals surface area contributed by atoms with Crippen molar-refractivity contribution in [1.29, 1.82) is 0 Å². The number of phenols is 1. The van der Waals surface area contributed by atoms with Gasteiger partial charge in [-0.15, -0.1) is 0 Å². The van der Waals surface area contributed by atoms with Crippen LogP contribution in [0.5, 0.6) is 5.75 Å². The molecule has 3 aliphatic carbocycles. The Morgan fingerprint density at radius 1 is 1.20 bits per heavy atom. The van der Waals surface area contributed by atoms with Crippen LogP contribution < -0.4 is 16.4 Å². The summed E-state index contributed by atoms with van der Waals surface area (Å²) < 4.78 is 4.78. The highest BCUT2D eigenvalue weighted by Gasteiger charge is 2.68. The summed E-state index contributed by atoms with van der Waals surface area (Å²) in [7, 11) is 2.83. The molecule has 0 heterocycles. The number of carbonyl (C=O) groups excluding carboxylic acids is 5. The summed E-state index contributed by atoms with van der Waals surface area (Å²) in [6.45, 7) is 6.25. The first-order valence-corrected chi connectivity index (χ1v) is 13.6. The molecule has 0 saturated heterocycles. The minimum absolute atomic E-state index is 0.0916. The average Bonchev–Trinajstić information content (AvgIpc) is 2.94. The SMILES string of the molecule is C=CCOC(=O)NC(C)C(=O)Nc1ccc2c(c1O)C(O)=C1C(=O)[C@]3(O)C(O)=C(C(N)=O)C(=O)[C@@H](N(C)C)C3C(O)C1C2C. The Balaban J connectivity index is 1.82. The molecule has 15 nitrogen and oxygen atoms in total. The third-order valence-corrected chi connectivity index (χ3v) is 8.45. The topological polar surface area (TPSA) is 249 Å². The molecule has 0 bridgehead atoms. The van der Waals surface area contributed by atoms with E-state index in [1.54, 1.807) is 6.92 Å². The first-order valence-electron chi connectivity index (χ1n) is 13.6. The molecule has 0 aliphatic heterocycles. The van der Waals surface area contributed by atoms with Crippen LogP contribution in [0.4, 0.5) is 10.5 Å². The van der Waals surface area contributed by atoms with Gasteiger partial charge in [0.25, 0.3) is 5.91 Å². The number of likely N-dealkylation sites (N-methyl/N-ethyl adjacent to an activating group) is 1. The maximum atomic E-state index is 14.1. The summed E-state index contributed by atoms with van der Waals surface area (Å²) in [6.07, 6.45) is -1.30. The predicted octanol–water partition coefficient (Wildman–Crippen LogP) is -0.265. The molecular formula is C29H34N4O11. The second kappa shape index (κ2) is 11.4. The molecule has 1 aromatic rings. The van der Waals surface area contributed by atoms with Crippen molar-refractivity contribution in [2.24, 2.45) is 17.6 Å². The van der Waals surface area contributed by atoms with E-state index in [9.17, 15) is 49.5 Å².